The van der Waals surface area contributed by atoms with Crippen molar-refractivity contribution in [3.05, 3.63) is 24.3 Å². The van der Waals surface area contributed by atoms with E-state index in [9.17, 15) is 4.79 Å². The van der Waals surface area contributed by atoms with Gasteiger partial charge in [0.2, 0.25) is 5.91 Å². The summed E-state index contributed by atoms with van der Waals surface area (Å²) in [5, 5.41) is 6.49. The lowest BCUT2D eigenvalue weighted by Gasteiger charge is -2.34. The molecule has 0 aromatic heterocycles. The number of carbonyl (C=O) groups is 1. The van der Waals surface area contributed by atoms with Crippen molar-refractivity contribution in [1.29, 1.82) is 0 Å². The third-order valence-electron chi connectivity index (χ3n) is 4.48. The Bertz CT molecular complexity index is 489. The Balaban J connectivity index is 1.49. The summed E-state index contributed by atoms with van der Waals surface area (Å²) in [5.74, 6) is 1.57. The summed E-state index contributed by atoms with van der Waals surface area (Å²) >= 11 is 0. The Kier molecular flexibility index (Phi) is 4.41. The minimum atomic E-state index is 0.0598. The van der Waals surface area contributed by atoms with Gasteiger partial charge < -0.3 is 15.4 Å². The van der Waals surface area contributed by atoms with E-state index in [4.69, 9.17) is 4.74 Å². The first kappa shape index (κ1) is 14.4. The first-order valence-electron chi connectivity index (χ1n) is 7.64. The number of nitrogens with one attached hydrogen (secondary N) is 2. The van der Waals surface area contributed by atoms with Crippen LogP contribution in [0.4, 0.5) is 5.69 Å². The molecule has 2 aliphatic rings. The fourth-order valence-corrected chi connectivity index (χ4v) is 3.34. The van der Waals surface area contributed by atoms with Crippen molar-refractivity contribution in [1.82, 2.24) is 10.2 Å². The van der Waals surface area contributed by atoms with E-state index in [-0.39, 0.29) is 5.91 Å². The number of amides is 1. The molecule has 3 rings (SSSR count). The standard InChI is InChI=1S/C16H23N3O2/c1-21-14-4-2-13(3-5-14)18-16(20)11-19-9-7-15-12(10-19)6-8-17-15/h2-5,12,15,17H,6-11H2,1H3,(H,18,20). The molecule has 0 radical (unpaired) electrons. The molecule has 2 N–H and O–H groups in total. The van der Waals surface area contributed by atoms with Crippen molar-refractivity contribution < 1.29 is 9.53 Å². The van der Waals surface area contributed by atoms with E-state index in [0.29, 0.717) is 18.5 Å². The van der Waals surface area contributed by atoms with Crippen LogP contribution in [0.3, 0.4) is 0 Å². The maximum Gasteiger partial charge on any atom is 0.238 e. The number of benzene rings is 1. The Morgan fingerprint density at radius 3 is 2.95 bits per heavy atom. The van der Waals surface area contributed by atoms with Crippen LogP contribution in [0.15, 0.2) is 24.3 Å². The summed E-state index contributed by atoms with van der Waals surface area (Å²) in [6, 6.07) is 8.11. The van der Waals surface area contributed by atoms with Crippen LogP contribution in [0.1, 0.15) is 12.8 Å². The van der Waals surface area contributed by atoms with Crippen LogP contribution < -0.4 is 15.4 Å². The highest BCUT2D eigenvalue weighted by molar-refractivity contribution is 5.92. The van der Waals surface area contributed by atoms with Crippen LogP contribution in [0, 0.1) is 5.92 Å². The molecule has 1 aromatic rings. The van der Waals surface area contributed by atoms with E-state index in [0.717, 1.165) is 37.5 Å². The SMILES string of the molecule is COc1ccc(NC(=O)CN2CCC3NCCC3C2)cc1. The molecule has 114 valence electrons. The summed E-state index contributed by atoms with van der Waals surface area (Å²) in [6.07, 6.45) is 2.39. The minimum absolute atomic E-state index is 0.0598. The van der Waals surface area contributed by atoms with Crippen molar-refractivity contribution in [2.75, 3.05) is 38.6 Å². The maximum absolute atomic E-state index is 12.1. The van der Waals surface area contributed by atoms with Crippen LogP contribution in [0.25, 0.3) is 0 Å². The molecular formula is C16H23N3O2. The summed E-state index contributed by atoms with van der Waals surface area (Å²) in [5.41, 5.74) is 0.818. The van der Waals surface area contributed by atoms with Gasteiger partial charge in [-0.2, -0.15) is 0 Å². The lowest BCUT2D eigenvalue weighted by Crippen LogP contribution is -2.46. The Morgan fingerprint density at radius 1 is 1.38 bits per heavy atom. The smallest absolute Gasteiger partial charge is 0.238 e. The van der Waals surface area contributed by atoms with Crippen molar-refractivity contribution in [3.63, 3.8) is 0 Å². The van der Waals surface area contributed by atoms with Gasteiger partial charge in [-0.1, -0.05) is 0 Å². The summed E-state index contributed by atoms with van der Waals surface area (Å²) in [7, 11) is 1.63. The molecule has 1 amide bonds. The molecule has 2 heterocycles. The normalized spacial score (nSPS) is 25.4. The molecule has 2 fully saturated rings. The average Bonchev–Trinajstić information content (AvgIpc) is 2.95. The number of likely N-dealkylation sites (tertiary alicyclic amines) is 1. The van der Waals surface area contributed by atoms with Crippen LogP contribution in [0.2, 0.25) is 0 Å². The first-order chi connectivity index (χ1) is 10.2. The number of hydrogen-bond donors (Lipinski definition) is 2. The summed E-state index contributed by atoms with van der Waals surface area (Å²) < 4.78 is 5.11. The highest BCUT2D eigenvalue weighted by Crippen LogP contribution is 2.24. The van der Waals surface area contributed by atoms with Crippen LogP contribution in [-0.2, 0) is 4.79 Å². The van der Waals surface area contributed by atoms with Gasteiger partial charge in [-0.25, -0.2) is 0 Å². The second-order valence-electron chi connectivity index (χ2n) is 5.91. The molecule has 5 nitrogen and oxygen atoms in total. The number of piperidine rings is 1. The monoisotopic (exact) mass is 289 g/mol. The predicted molar refractivity (Wildman–Crippen MR) is 82.6 cm³/mol. The Morgan fingerprint density at radius 2 is 2.19 bits per heavy atom. The number of hydrogen-bond acceptors (Lipinski definition) is 4. The van der Waals surface area contributed by atoms with Crippen molar-refractivity contribution in [2.24, 2.45) is 5.92 Å². The van der Waals surface area contributed by atoms with Gasteiger partial charge in [0.15, 0.2) is 0 Å². The second kappa shape index (κ2) is 6.45. The Labute approximate surface area is 125 Å². The first-order valence-corrected chi connectivity index (χ1v) is 7.64. The number of rotatable bonds is 4. The highest BCUT2D eigenvalue weighted by atomic mass is 16.5. The van der Waals surface area contributed by atoms with E-state index in [1.165, 1.54) is 6.42 Å². The fraction of sp³-hybridized carbons (Fsp3) is 0.562. The average molecular weight is 289 g/mol. The van der Waals surface area contributed by atoms with E-state index in [1.807, 2.05) is 24.3 Å². The van der Waals surface area contributed by atoms with Crippen molar-refractivity contribution in [3.8, 4) is 5.75 Å². The highest BCUT2D eigenvalue weighted by Gasteiger charge is 2.32. The molecule has 1 aromatic carbocycles. The van der Waals surface area contributed by atoms with Gasteiger partial charge in [-0.15, -0.1) is 0 Å². The Hall–Kier alpha value is -1.59. The number of carbonyl (C=O) groups excluding carboxylic acids is 1. The maximum atomic E-state index is 12.1. The molecule has 2 aliphatic heterocycles. The van der Waals surface area contributed by atoms with E-state index in [2.05, 4.69) is 15.5 Å². The molecule has 2 atom stereocenters. The number of methoxy groups -OCH3 is 1. The number of ether oxygens (including phenoxy) is 1. The van der Waals surface area contributed by atoms with Crippen LogP contribution in [-0.4, -0.2) is 50.1 Å². The van der Waals surface area contributed by atoms with Gasteiger partial charge in [0.05, 0.1) is 13.7 Å². The molecule has 0 aliphatic carbocycles. The van der Waals surface area contributed by atoms with Gasteiger partial charge in [-0.3, -0.25) is 9.69 Å². The molecule has 21 heavy (non-hydrogen) atoms. The molecule has 2 saturated heterocycles. The van der Waals surface area contributed by atoms with Gasteiger partial charge in [-0.05, 0) is 49.6 Å². The van der Waals surface area contributed by atoms with E-state index in [1.54, 1.807) is 7.11 Å². The van der Waals surface area contributed by atoms with Crippen molar-refractivity contribution in [2.45, 2.75) is 18.9 Å². The lowest BCUT2D eigenvalue weighted by atomic mass is 9.93. The van der Waals surface area contributed by atoms with Gasteiger partial charge in [0.25, 0.3) is 0 Å². The largest absolute Gasteiger partial charge is 0.497 e. The minimum Gasteiger partial charge on any atom is -0.497 e. The third kappa shape index (κ3) is 3.54. The topological polar surface area (TPSA) is 53.6 Å². The quantitative estimate of drug-likeness (QED) is 0.878. The van der Waals surface area contributed by atoms with Gasteiger partial charge >= 0.3 is 0 Å². The van der Waals surface area contributed by atoms with E-state index < -0.39 is 0 Å². The second-order valence-corrected chi connectivity index (χ2v) is 5.91. The molecule has 0 bridgehead atoms. The number of nitrogens with zero attached hydrogens (tertiary/aromatic N) is 1. The summed E-state index contributed by atoms with van der Waals surface area (Å²) in [4.78, 5) is 14.4. The molecule has 0 saturated carbocycles. The molecular weight excluding hydrogens is 266 g/mol. The van der Waals surface area contributed by atoms with Crippen LogP contribution >= 0.6 is 0 Å². The molecule has 5 heteroatoms. The van der Waals surface area contributed by atoms with Crippen LogP contribution in [0.5, 0.6) is 5.75 Å². The number of anilines is 1. The molecule has 0 spiro atoms. The zero-order valence-corrected chi connectivity index (χ0v) is 12.5. The third-order valence-corrected chi connectivity index (χ3v) is 4.48. The zero-order chi connectivity index (χ0) is 14.7. The zero-order valence-electron chi connectivity index (χ0n) is 12.5. The van der Waals surface area contributed by atoms with Crippen molar-refractivity contribution >= 4 is 11.6 Å². The number of fused-ring (bicyclic) bond motifs is 1. The fourth-order valence-electron chi connectivity index (χ4n) is 3.34. The van der Waals surface area contributed by atoms with Gasteiger partial charge in [0, 0.05) is 24.8 Å². The predicted octanol–water partition coefficient (Wildman–Crippen LogP) is 1.32. The summed E-state index contributed by atoms with van der Waals surface area (Å²) in [6.45, 7) is 3.65. The molecule has 2 unspecified atom stereocenters. The van der Waals surface area contributed by atoms with Gasteiger partial charge in [0.1, 0.15) is 5.75 Å². The van der Waals surface area contributed by atoms with E-state index >= 15 is 0 Å². The lowest BCUT2D eigenvalue weighted by molar-refractivity contribution is -0.117.